The molecule has 0 fully saturated rings. The summed E-state index contributed by atoms with van der Waals surface area (Å²) in [6.45, 7) is 4.80. The van der Waals surface area contributed by atoms with Crippen LogP contribution in [0.3, 0.4) is 0 Å². The molecule has 1 heterocycles. The summed E-state index contributed by atoms with van der Waals surface area (Å²) in [5.74, 6) is 0.552. The lowest BCUT2D eigenvalue weighted by atomic mass is 10.2. The zero-order chi connectivity index (χ0) is 10.6. The second-order valence-corrected chi connectivity index (χ2v) is 3.36. The SMILES string of the molecule is CC(C)N(CCC#N)c1cn[nH]c1N. The molecule has 0 bridgehead atoms. The van der Waals surface area contributed by atoms with E-state index in [1.165, 1.54) is 0 Å². The Morgan fingerprint density at radius 1 is 1.71 bits per heavy atom. The third-order valence-corrected chi connectivity index (χ3v) is 2.05. The van der Waals surface area contributed by atoms with Crippen molar-refractivity contribution < 1.29 is 0 Å². The molecule has 1 rings (SSSR count). The van der Waals surface area contributed by atoms with Gasteiger partial charge in [-0.05, 0) is 13.8 Å². The van der Waals surface area contributed by atoms with Crippen LogP contribution < -0.4 is 10.6 Å². The molecular weight excluding hydrogens is 178 g/mol. The second kappa shape index (κ2) is 4.51. The Labute approximate surface area is 83.5 Å². The first kappa shape index (κ1) is 10.4. The molecule has 0 atom stereocenters. The fraction of sp³-hybridized carbons (Fsp3) is 0.556. The number of aromatic amines is 1. The summed E-state index contributed by atoms with van der Waals surface area (Å²) in [4.78, 5) is 2.06. The van der Waals surface area contributed by atoms with Gasteiger partial charge in [-0.15, -0.1) is 0 Å². The van der Waals surface area contributed by atoms with Crippen molar-refractivity contribution in [3.8, 4) is 6.07 Å². The summed E-state index contributed by atoms with van der Waals surface area (Å²) >= 11 is 0. The van der Waals surface area contributed by atoms with Crippen LogP contribution in [-0.2, 0) is 0 Å². The second-order valence-electron chi connectivity index (χ2n) is 3.36. The average molecular weight is 193 g/mol. The molecule has 76 valence electrons. The van der Waals surface area contributed by atoms with Gasteiger partial charge in [-0.1, -0.05) is 0 Å². The van der Waals surface area contributed by atoms with Crippen LogP contribution in [0, 0.1) is 11.3 Å². The summed E-state index contributed by atoms with van der Waals surface area (Å²) in [6.07, 6.45) is 2.18. The molecule has 14 heavy (non-hydrogen) atoms. The molecule has 0 spiro atoms. The highest BCUT2D eigenvalue weighted by molar-refractivity contribution is 5.62. The van der Waals surface area contributed by atoms with Gasteiger partial charge in [-0.3, -0.25) is 5.10 Å². The lowest BCUT2D eigenvalue weighted by molar-refractivity contribution is 0.688. The third kappa shape index (κ3) is 2.16. The van der Waals surface area contributed by atoms with Crippen LogP contribution in [0.5, 0.6) is 0 Å². The zero-order valence-corrected chi connectivity index (χ0v) is 8.49. The molecule has 0 aliphatic carbocycles. The Morgan fingerprint density at radius 3 is 2.86 bits per heavy atom. The van der Waals surface area contributed by atoms with Crippen LogP contribution in [0.4, 0.5) is 11.5 Å². The summed E-state index contributed by atoms with van der Waals surface area (Å²) < 4.78 is 0. The highest BCUT2D eigenvalue weighted by atomic mass is 15.2. The van der Waals surface area contributed by atoms with Crippen molar-refractivity contribution in [1.82, 2.24) is 10.2 Å². The molecule has 1 aromatic heterocycles. The van der Waals surface area contributed by atoms with Crippen molar-refractivity contribution in [1.29, 1.82) is 5.26 Å². The maximum Gasteiger partial charge on any atom is 0.142 e. The number of H-pyrrole nitrogens is 1. The van der Waals surface area contributed by atoms with E-state index in [0.717, 1.165) is 5.69 Å². The fourth-order valence-electron chi connectivity index (χ4n) is 1.35. The van der Waals surface area contributed by atoms with Gasteiger partial charge >= 0.3 is 0 Å². The minimum atomic E-state index is 0.309. The monoisotopic (exact) mass is 193 g/mol. The van der Waals surface area contributed by atoms with E-state index in [1.807, 2.05) is 0 Å². The molecule has 0 amide bonds. The Morgan fingerprint density at radius 2 is 2.43 bits per heavy atom. The number of nitrogens with zero attached hydrogens (tertiary/aromatic N) is 3. The van der Waals surface area contributed by atoms with E-state index in [9.17, 15) is 0 Å². The van der Waals surface area contributed by atoms with Gasteiger partial charge in [-0.2, -0.15) is 10.4 Å². The number of hydrogen-bond donors (Lipinski definition) is 2. The molecule has 5 nitrogen and oxygen atoms in total. The van der Waals surface area contributed by atoms with E-state index < -0.39 is 0 Å². The number of anilines is 2. The van der Waals surface area contributed by atoms with E-state index in [-0.39, 0.29) is 0 Å². The number of nitrogens with two attached hydrogens (primary N) is 1. The number of hydrogen-bond acceptors (Lipinski definition) is 4. The predicted octanol–water partition coefficient (Wildman–Crippen LogP) is 1.12. The molecule has 5 heteroatoms. The number of nitrogen functional groups attached to an aromatic ring is 1. The van der Waals surface area contributed by atoms with Crippen LogP contribution in [0.25, 0.3) is 0 Å². The number of rotatable bonds is 4. The van der Waals surface area contributed by atoms with E-state index >= 15 is 0 Å². The Kier molecular flexibility index (Phi) is 3.35. The van der Waals surface area contributed by atoms with Gasteiger partial charge in [0.2, 0.25) is 0 Å². The highest BCUT2D eigenvalue weighted by Crippen LogP contribution is 2.21. The third-order valence-electron chi connectivity index (χ3n) is 2.05. The van der Waals surface area contributed by atoms with Crippen molar-refractivity contribution in [2.45, 2.75) is 26.3 Å². The van der Waals surface area contributed by atoms with Gasteiger partial charge in [0.15, 0.2) is 0 Å². The number of nitriles is 1. The quantitative estimate of drug-likeness (QED) is 0.750. The molecule has 0 aromatic carbocycles. The van der Waals surface area contributed by atoms with Gasteiger partial charge in [0.25, 0.3) is 0 Å². The molecule has 0 radical (unpaired) electrons. The van der Waals surface area contributed by atoms with Gasteiger partial charge in [0, 0.05) is 12.6 Å². The largest absolute Gasteiger partial charge is 0.382 e. The first-order valence-electron chi connectivity index (χ1n) is 4.59. The fourth-order valence-corrected chi connectivity index (χ4v) is 1.35. The van der Waals surface area contributed by atoms with Crippen LogP contribution in [0.1, 0.15) is 20.3 Å². The topological polar surface area (TPSA) is 81.7 Å². The van der Waals surface area contributed by atoms with Crippen LogP contribution >= 0.6 is 0 Å². The Bertz CT molecular complexity index is 322. The summed E-state index contributed by atoms with van der Waals surface area (Å²) in [5.41, 5.74) is 6.58. The summed E-state index contributed by atoms with van der Waals surface area (Å²) in [7, 11) is 0. The van der Waals surface area contributed by atoms with Crippen molar-refractivity contribution in [2.75, 3.05) is 17.2 Å². The molecule has 1 aromatic rings. The van der Waals surface area contributed by atoms with Crippen molar-refractivity contribution in [3.63, 3.8) is 0 Å². The van der Waals surface area contributed by atoms with Crippen LogP contribution in [-0.4, -0.2) is 22.8 Å². The number of nitrogens with one attached hydrogen (secondary N) is 1. The van der Waals surface area contributed by atoms with Gasteiger partial charge < -0.3 is 10.6 Å². The van der Waals surface area contributed by atoms with Gasteiger partial charge in [0.1, 0.15) is 5.82 Å². The van der Waals surface area contributed by atoms with Crippen LogP contribution in [0.2, 0.25) is 0 Å². The molecular formula is C9H15N5. The van der Waals surface area contributed by atoms with Crippen molar-refractivity contribution in [2.24, 2.45) is 0 Å². The molecule has 0 aliphatic rings. The Hall–Kier alpha value is -1.70. The molecule has 0 saturated carbocycles. The van der Waals surface area contributed by atoms with E-state index in [0.29, 0.717) is 24.8 Å². The Balaban J connectivity index is 2.79. The lowest BCUT2D eigenvalue weighted by Crippen LogP contribution is -2.31. The van der Waals surface area contributed by atoms with E-state index in [4.69, 9.17) is 11.0 Å². The molecule has 0 saturated heterocycles. The summed E-state index contributed by atoms with van der Waals surface area (Å²) in [6, 6.07) is 2.43. The summed E-state index contributed by atoms with van der Waals surface area (Å²) in [5, 5.41) is 15.1. The maximum atomic E-state index is 8.53. The van der Waals surface area contributed by atoms with Gasteiger partial charge in [0.05, 0.1) is 24.4 Å². The molecule has 0 unspecified atom stereocenters. The lowest BCUT2D eigenvalue weighted by Gasteiger charge is -2.26. The standard InChI is InChI=1S/C9H15N5/c1-7(2)14(5-3-4-10)8-6-12-13-9(8)11/h6-7H,3,5H2,1-2H3,(H3,11,12,13). The normalized spacial score (nSPS) is 10.1. The minimum Gasteiger partial charge on any atom is -0.382 e. The first-order valence-corrected chi connectivity index (χ1v) is 4.59. The first-order chi connectivity index (χ1) is 6.66. The van der Waals surface area contributed by atoms with E-state index in [1.54, 1.807) is 6.20 Å². The van der Waals surface area contributed by atoms with E-state index in [2.05, 4.69) is 35.0 Å². The molecule has 3 N–H and O–H groups in total. The number of aromatic nitrogens is 2. The van der Waals surface area contributed by atoms with Crippen LogP contribution in [0.15, 0.2) is 6.20 Å². The minimum absolute atomic E-state index is 0.309. The van der Waals surface area contributed by atoms with Crippen molar-refractivity contribution in [3.05, 3.63) is 6.20 Å². The van der Waals surface area contributed by atoms with Gasteiger partial charge in [-0.25, -0.2) is 0 Å². The zero-order valence-electron chi connectivity index (χ0n) is 8.49. The van der Waals surface area contributed by atoms with Crippen molar-refractivity contribution >= 4 is 11.5 Å². The molecule has 0 aliphatic heterocycles. The average Bonchev–Trinajstić information content (AvgIpc) is 2.52. The highest BCUT2D eigenvalue weighted by Gasteiger charge is 2.14. The smallest absolute Gasteiger partial charge is 0.142 e. The maximum absolute atomic E-state index is 8.53. The predicted molar refractivity (Wildman–Crippen MR) is 55.7 cm³/mol.